The van der Waals surface area contributed by atoms with Crippen LogP contribution in [-0.4, -0.2) is 10.6 Å². The lowest BCUT2D eigenvalue weighted by atomic mass is 10.2. The van der Waals surface area contributed by atoms with E-state index in [2.05, 4.69) is 10.3 Å². The van der Waals surface area contributed by atoms with E-state index >= 15 is 0 Å². The van der Waals surface area contributed by atoms with Crippen molar-refractivity contribution in [1.29, 1.82) is 0 Å². The highest BCUT2D eigenvalue weighted by Gasteiger charge is 2.30. The van der Waals surface area contributed by atoms with Crippen LogP contribution in [0.5, 0.6) is 0 Å². The minimum Gasteiger partial charge on any atom is -0.467 e. The molecule has 8 heteroatoms. The molecular weight excluding hydrogens is 359 g/mol. The fourth-order valence-corrected chi connectivity index (χ4v) is 2.46. The van der Waals surface area contributed by atoms with E-state index in [4.69, 9.17) is 4.42 Å². The first-order valence-corrected chi connectivity index (χ1v) is 8.08. The summed E-state index contributed by atoms with van der Waals surface area (Å²) in [5.74, 6) is 0.628. The Morgan fingerprint density at radius 3 is 2.67 bits per heavy atom. The summed E-state index contributed by atoms with van der Waals surface area (Å²) in [5, 5.41) is 2.46. The lowest BCUT2D eigenvalue weighted by Crippen LogP contribution is -2.31. The summed E-state index contributed by atoms with van der Waals surface area (Å²) in [7, 11) is 0. The Hall–Kier alpha value is -3.29. The van der Waals surface area contributed by atoms with Crippen LogP contribution in [0.3, 0.4) is 0 Å². The largest absolute Gasteiger partial charge is 0.467 e. The van der Waals surface area contributed by atoms with Crippen molar-refractivity contribution in [1.82, 2.24) is 4.57 Å². The van der Waals surface area contributed by atoms with Crippen molar-refractivity contribution in [3.63, 3.8) is 0 Å². The zero-order valence-corrected chi connectivity index (χ0v) is 14.3. The number of carbonyl (C=O) groups is 1. The molecule has 3 aromatic rings. The molecule has 27 heavy (non-hydrogen) atoms. The zero-order chi connectivity index (χ0) is 19.4. The molecule has 0 spiro atoms. The predicted octanol–water partition coefficient (Wildman–Crippen LogP) is 4.84. The first-order chi connectivity index (χ1) is 12.8. The molecule has 0 saturated carbocycles. The quantitative estimate of drug-likeness (QED) is 0.712. The molecule has 2 heterocycles. The van der Waals surface area contributed by atoms with E-state index in [-0.39, 0.29) is 11.7 Å². The number of nitrogens with one attached hydrogen (secondary N) is 1. The number of alkyl halides is 3. The molecule has 0 aliphatic carbocycles. The van der Waals surface area contributed by atoms with E-state index in [0.717, 1.165) is 12.1 Å². The van der Waals surface area contributed by atoms with Gasteiger partial charge >= 0.3 is 12.2 Å². The summed E-state index contributed by atoms with van der Waals surface area (Å²) < 4.78 is 45.0. The monoisotopic (exact) mass is 375 g/mol. The third kappa shape index (κ3) is 4.46. The fourth-order valence-electron chi connectivity index (χ4n) is 2.46. The molecule has 0 aliphatic rings. The van der Waals surface area contributed by atoms with E-state index < -0.39 is 17.8 Å². The summed E-state index contributed by atoms with van der Waals surface area (Å²) in [5.41, 5.74) is -0.461. The molecule has 0 fully saturated rings. The number of halogens is 3. The predicted molar refractivity (Wildman–Crippen MR) is 93.0 cm³/mol. The lowest BCUT2D eigenvalue weighted by Gasteiger charge is -2.12. The number of rotatable bonds is 3. The van der Waals surface area contributed by atoms with Gasteiger partial charge in [0.2, 0.25) is 0 Å². The molecule has 140 valence electrons. The van der Waals surface area contributed by atoms with Crippen molar-refractivity contribution in [2.45, 2.75) is 19.1 Å². The zero-order valence-electron chi connectivity index (χ0n) is 14.3. The van der Waals surface area contributed by atoms with Crippen molar-refractivity contribution < 1.29 is 22.4 Å². The molecule has 1 atom stereocenters. The maximum absolute atomic E-state index is 12.8. The van der Waals surface area contributed by atoms with Crippen LogP contribution < -0.4 is 10.8 Å². The van der Waals surface area contributed by atoms with Crippen molar-refractivity contribution >= 4 is 11.7 Å². The third-order valence-corrected chi connectivity index (χ3v) is 3.78. The molecule has 1 N–H and O–H groups in total. The molecule has 1 amide bonds. The summed E-state index contributed by atoms with van der Waals surface area (Å²) in [6.45, 7) is 1.81. The van der Waals surface area contributed by atoms with Crippen LogP contribution in [0.1, 0.15) is 24.3 Å². The first-order valence-electron chi connectivity index (χ1n) is 8.08. The Kier molecular flexibility index (Phi) is 5.16. The van der Waals surface area contributed by atoms with Gasteiger partial charge in [-0.3, -0.25) is 9.56 Å². The SMILES string of the molecule is C[C@@H](N=c1ccccn1C(=O)Nc1cccc(C(F)(F)F)c1)c1ccco1. The minimum atomic E-state index is -4.49. The second-order valence-corrected chi connectivity index (χ2v) is 5.76. The summed E-state index contributed by atoms with van der Waals surface area (Å²) in [4.78, 5) is 17.0. The Labute approximate surface area is 152 Å². The van der Waals surface area contributed by atoms with Crippen LogP contribution in [0.4, 0.5) is 23.7 Å². The molecule has 0 saturated heterocycles. The van der Waals surface area contributed by atoms with E-state index in [1.165, 1.54) is 29.2 Å². The molecule has 3 rings (SSSR count). The number of aromatic nitrogens is 1. The fraction of sp³-hybridized carbons (Fsp3) is 0.158. The Bertz CT molecular complexity index is 992. The molecular formula is C19H16F3N3O2. The molecule has 0 bridgehead atoms. The number of carbonyl (C=O) groups excluding carboxylic acids is 1. The van der Waals surface area contributed by atoms with Gasteiger partial charge in [0, 0.05) is 11.9 Å². The second-order valence-electron chi connectivity index (χ2n) is 5.76. The number of furan rings is 1. The Morgan fingerprint density at radius 2 is 1.96 bits per heavy atom. The third-order valence-electron chi connectivity index (χ3n) is 3.78. The normalized spacial score (nSPS) is 13.4. The van der Waals surface area contributed by atoms with E-state index in [0.29, 0.717) is 11.2 Å². The number of hydrogen-bond acceptors (Lipinski definition) is 3. The lowest BCUT2D eigenvalue weighted by molar-refractivity contribution is -0.137. The van der Waals surface area contributed by atoms with Gasteiger partial charge in [0.15, 0.2) is 0 Å². The van der Waals surface area contributed by atoms with Crippen LogP contribution >= 0.6 is 0 Å². The van der Waals surface area contributed by atoms with Crippen LogP contribution in [0, 0.1) is 0 Å². The van der Waals surface area contributed by atoms with E-state index in [9.17, 15) is 18.0 Å². The smallest absolute Gasteiger partial charge is 0.416 e. The molecule has 0 unspecified atom stereocenters. The second kappa shape index (κ2) is 7.53. The average Bonchev–Trinajstić information content (AvgIpc) is 3.16. The number of benzene rings is 1. The highest BCUT2D eigenvalue weighted by molar-refractivity contribution is 5.90. The van der Waals surface area contributed by atoms with Gasteiger partial charge in [-0.25, -0.2) is 4.79 Å². The molecule has 2 aromatic heterocycles. The van der Waals surface area contributed by atoms with Crippen molar-refractivity contribution in [3.05, 3.63) is 83.9 Å². The van der Waals surface area contributed by atoms with Crippen LogP contribution in [0.15, 0.2) is 76.5 Å². The van der Waals surface area contributed by atoms with Gasteiger partial charge in [-0.2, -0.15) is 13.2 Å². The summed E-state index contributed by atoms with van der Waals surface area (Å²) in [6, 6.07) is 12.0. The van der Waals surface area contributed by atoms with Crippen molar-refractivity contribution in [2.24, 2.45) is 4.99 Å². The number of hydrogen-bond donors (Lipinski definition) is 1. The van der Waals surface area contributed by atoms with Crippen LogP contribution in [-0.2, 0) is 6.18 Å². The maximum Gasteiger partial charge on any atom is 0.416 e. The van der Waals surface area contributed by atoms with Gasteiger partial charge in [-0.1, -0.05) is 12.1 Å². The summed E-state index contributed by atoms with van der Waals surface area (Å²) in [6.07, 6.45) is -1.48. The first kappa shape index (κ1) is 18.5. The number of anilines is 1. The van der Waals surface area contributed by atoms with Gasteiger partial charge in [-0.15, -0.1) is 0 Å². The molecule has 5 nitrogen and oxygen atoms in total. The highest BCUT2D eigenvalue weighted by atomic mass is 19.4. The Balaban J connectivity index is 1.88. The number of pyridine rings is 1. The molecule has 0 aliphatic heterocycles. The van der Waals surface area contributed by atoms with Crippen LogP contribution in [0.25, 0.3) is 0 Å². The van der Waals surface area contributed by atoms with Crippen molar-refractivity contribution in [3.8, 4) is 0 Å². The number of nitrogens with zero attached hydrogens (tertiary/aromatic N) is 2. The Morgan fingerprint density at radius 1 is 1.15 bits per heavy atom. The average molecular weight is 375 g/mol. The minimum absolute atomic E-state index is 0.0382. The number of amides is 1. The van der Waals surface area contributed by atoms with Gasteiger partial charge < -0.3 is 9.73 Å². The summed E-state index contributed by atoms with van der Waals surface area (Å²) >= 11 is 0. The van der Waals surface area contributed by atoms with Gasteiger partial charge in [-0.05, 0) is 49.4 Å². The van der Waals surface area contributed by atoms with Gasteiger partial charge in [0.05, 0.1) is 11.8 Å². The van der Waals surface area contributed by atoms with Crippen LogP contribution in [0.2, 0.25) is 0 Å². The van der Waals surface area contributed by atoms with Gasteiger partial charge in [0.1, 0.15) is 17.3 Å². The maximum atomic E-state index is 12.8. The topological polar surface area (TPSA) is 59.5 Å². The standard InChI is InChI=1S/C19H16F3N3O2/c1-13(16-8-5-11-27-16)23-17-9-2-3-10-25(17)18(26)24-15-7-4-6-14(12-15)19(20,21)22/h2-13H,1H3,(H,24,26)/t13-/m1/s1. The molecule has 1 aromatic carbocycles. The highest BCUT2D eigenvalue weighted by Crippen LogP contribution is 2.30. The van der Waals surface area contributed by atoms with Gasteiger partial charge in [0.25, 0.3) is 0 Å². The van der Waals surface area contributed by atoms with E-state index in [1.807, 2.05) is 0 Å². The molecule has 0 radical (unpaired) electrons. The van der Waals surface area contributed by atoms with E-state index in [1.54, 1.807) is 37.3 Å². The van der Waals surface area contributed by atoms with Crippen molar-refractivity contribution in [2.75, 3.05) is 5.32 Å².